The van der Waals surface area contributed by atoms with Crippen LogP contribution in [-0.4, -0.2) is 22.1 Å². The second-order valence-electron chi connectivity index (χ2n) is 5.41. The number of nitrogens with zero attached hydrogens (tertiary/aromatic N) is 1. The number of rotatable bonds is 6. The maximum Gasteiger partial charge on any atom is 0.326 e. The van der Waals surface area contributed by atoms with Crippen LogP contribution in [0.15, 0.2) is 58.4 Å². The van der Waals surface area contributed by atoms with Crippen LogP contribution < -0.4 is 5.32 Å². The van der Waals surface area contributed by atoms with Gasteiger partial charge in [-0.25, -0.2) is 9.78 Å². The van der Waals surface area contributed by atoms with Gasteiger partial charge in [0, 0.05) is 25.4 Å². The first-order valence-electron chi connectivity index (χ1n) is 7.46. The van der Waals surface area contributed by atoms with Crippen LogP contribution in [0.1, 0.15) is 5.56 Å². The fourth-order valence-corrected chi connectivity index (χ4v) is 3.70. The highest BCUT2D eigenvalue weighted by atomic mass is 127. The number of aromatic nitrogens is 1. The number of benzene rings is 2. The van der Waals surface area contributed by atoms with E-state index in [1.807, 2.05) is 53.9 Å². The van der Waals surface area contributed by atoms with Gasteiger partial charge in [-0.15, -0.1) is 11.3 Å². The Bertz CT molecular complexity index is 866. The van der Waals surface area contributed by atoms with Gasteiger partial charge >= 0.3 is 5.97 Å². The molecule has 0 fully saturated rings. The quantitative estimate of drug-likeness (QED) is 0.427. The minimum absolute atomic E-state index is 0.390. The lowest BCUT2D eigenvalue weighted by Gasteiger charge is -2.13. The molecule has 0 saturated carbocycles. The number of nitrogens with one attached hydrogen (secondary N) is 1. The van der Waals surface area contributed by atoms with Gasteiger partial charge in [0.25, 0.3) is 0 Å². The van der Waals surface area contributed by atoms with Crippen molar-refractivity contribution in [2.45, 2.75) is 12.5 Å². The van der Waals surface area contributed by atoms with Gasteiger partial charge in [-0.3, -0.25) is 0 Å². The summed E-state index contributed by atoms with van der Waals surface area (Å²) in [4.78, 5) is 16.1. The molecular formula is C18H14BrIN2O2S. The van der Waals surface area contributed by atoms with Gasteiger partial charge in [0.1, 0.15) is 6.04 Å². The lowest BCUT2D eigenvalue weighted by Crippen LogP contribution is -2.31. The number of thiazole rings is 1. The molecule has 0 aliphatic heterocycles. The zero-order valence-corrected chi connectivity index (χ0v) is 17.5. The number of hydrogen-bond donors (Lipinski definition) is 2. The summed E-state index contributed by atoms with van der Waals surface area (Å²) in [6.07, 6.45) is 0.390. The molecule has 2 aromatic carbocycles. The first-order valence-corrected chi connectivity index (χ1v) is 10.2. The molecule has 3 rings (SSSR count). The molecule has 0 aliphatic rings. The van der Waals surface area contributed by atoms with Crippen molar-refractivity contribution in [3.05, 3.63) is 67.5 Å². The third kappa shape index (κ3) is 5.02. The van der Waals surface area contributed by atoms with Crippen molar-refractivity contribution < 1.29 is 9.90 Å². The summed E-state index contributed by atoms with van der Waals surface area (Å²) in [5.74, 6) is -0.895. The van der Waals surface area contributed by atoms with Crippen molar-refractivity contribution in [3.63, 3.8) is 0 Å². The van der Waals surface area contributed by atoms with E-state index in [1.165, 1.54) is 11.3 Å². The molecule has 7 heteroatoms. The molecule has 0 saturated heterocycles. The Kier molecular flexibility index (Phi) is 6.08. The highest BCUT2D eigenvalue weighted by Gasteiger charge is 2.19. The van der Waals surface area contributed by atoms with E-state index in [0.29, 0.717) is 11.6 Å². The SMILES string of the molecule is O=C(O)C(Cc1ccc(Br)cc1)Nc1nc(-c2ccc(I)cc2)cs1. The van der Waals surface area contributed by atoms with Gasteiger partial charge in [0.05, 0.1) is 5.69 Å². The van der Waals surface area contributed by atoms with E-state index in [1.54, 1.807) is 0 Å². The largest absolute Gasteiger partial charge is 0.480 e. The van der Waals surface area contributed by atoms with E-state index in [-0.39, 0.29) is 0 Å². The van der Waals surface area contributed by atoms with Crippen molar-refractivity contribution in [1.82, 2.24) is 4.98 Å². The molecular weight excluding hydrogens is 515 g/mol. The number of carboxylic acid groups (broad SMARTS) is 1. The minimum atomic E-state index is -0.895. The fourth-order valence-electron chi connectivity index (χ4n) is 2.30. The van der Waals surface area contributed by atoms with Crippen molar-refractivity contribution in [3.8, 4) is 11.3 Å². The summed E-state index contributed by atoms with van der Waals surface area (Å²) >= 11 is 7.05. The molecule has 0 radical (unpaired) electrons. The lowest BCUT2D eigenvalue weighted by atomic mass is 10.1. The first kappa shape index (κ1) is 18.3. The van der Waals surface area contributed by atoms with Crippen molar-refractivity contribution in [2.24, 2.45) is 0 Å². The number of carbonyl (C=O) groups is 1. The van der Waals surface area contributed by atoms with Crippen molar-refractivity contribution >= 4 is 61.0 Å². The molecule has 0 aliphatic carbocycles. The van der Waals surface area contributed by atoms with Crippen molar-refractivity contribution in [1.29, 1.82) is 0 Å². The van der Waals surface area contributed by atoms with Gasteiger partial charge in [-0.1, -0.05) is 40.2 Å². The summed E-state index contributed by atoms with van der Waals surface area (Å²) in [5, 5.41) is 15.1. The molecule has 1 unspecified atom stereocenters. The van der Waals surface area contributed by atoms with Gasteiger partial charge in [0.15, 0.2) is 5.13 Å². The minimum Gasteiger partial charge on any atom is -0.480 e. The maximum atomic E-state index is 11.6. The fraction of sp³-hybridized carbons (Fsp3) is 0.111. The summed E-state index contributed by atoms with van der Waals surface area (Å²) in [5.41, 5.74) is 2.82. The number of carboxylic acids is 1. The Morgan fingerprint density at radius 2 is 1.88 bits per heavy atom. The van der Waals surface area contributed by atoms with E-state index in [0.717, 1.165) is 24.9 Å². The molecule has 0 amide bonds. The summed E-state index contributed by atoms with van der Waals surface area (Å²) in [6.45, 7) is 0. The molecule has 1 heterocycles. The average molecular weight is 529 g/mol. The van der Waals surface area contributed by atoms with Crippen LogP contribution in [0.5, 0.6) is 0 Å². The lowest BCUT2D eigenvalue weighted by molar-refractivity contribution is -0.137. The second-order valence-corrected chi connectivity index (χ2v) is 8.43. The number of hydrogen-bond acceptors (Lipinski definition) is 4. The molecule has 2 N–H and O–H groups in total. The normalized spacial score (nSPS) is 11.9. The smallest absolute Gasteiger partial charge is 0.326 e. The Labute approximate surface area is 171 Å². The predicted octanol–water partition coefficient (Wildman–Crippen LogP) is 5.29. The molecule has 0 spiro atoms. The van der Waals surface area contributed by atoms with Gasteiger partial charge < -0.3 is 10.4 Å². The zero-order chi connectivity index (χ0) is 17.8. The van der Waals surface area contributed by atoms with Gasteiger partial charge in [0.2, 0.25) is 0 Å². The molecule has 128 valence electrons. The van der Waals surface area contributed by atoms with Crippen LogP contribution in [0.2, 0.25) is 0 Å². The molecule has 3 aromatic rings. The Balaban J connectivity index is 1.73. The van der Waals surface area contributed by atoms with E-state index < -0.39 is 12.0 Å². The highest BCUT2D eigenvalue weighted by Crippen LogP contribution is 2.26. The van der Waals surface area contributed by atoms with E-state index in [4.69, 9.17) is 0 Å². The standard InChI is InChI=1S/C18H14BrIN2O2S/c19-13-5-1-11(2-6-13)9-15(17(23)24)21-18-22-16(10-25-18)12-3-7-14(20)8-4-12/h1-8,10,15H,9H2,(H,21,22)(H,23,24). The average Bonchev–Trinajstić information content (AvgIpc) is 3.05. The topological polar surface area (TPSA) is 62.2 Å². The maximum absolute atomic E-state index is 11.6. The molecule has 25 heavy (non-hydrogen) atoms. The Morgan fingerprint density at radius 1 is 1.20 bits per heavy atom. The van der Waals surface area contributed by atoms with Crippen molar-refractivity contribution in [2.75, 3.05) is 5.32 Å². The van der Waals surface area contributed by atoms with Crippen LogP contribution in [0.4, 0.5) is 5.13 Å². The van der Waals surface area contributed by atoms with Crippen LogP contribution in [0.25, 0.3) is 11.3 Å². The van der Waals surface area contributed by atoms with Crippen LogP contribution in [-0.2, 0) is 11.2 Å². The van der Waals surface area contributed by atoms with Crippen LogP contribution in [0.3, 0.4) is 0 Å². The summed E-state index contributed by atoms with van der Waals surface area (Å²) in [7, 11) is 0. The summed E-state index contributed by atoms with van der Waals surface area (Å²) in [6, 6.07) is 15.0. The van der Waals surface area contributed by atoms with Gasteiger partial charge in [-0.2, -0.15) is 0 Å². The van der Waals surface area contributed by atoms with Crippen LogP contribution in [0, 0.1) is 3.57 Å². The number of aliphatic carboxylic acids is 1. The second kappa shape index (κ2) is 8.29. The number of halogens is 2. The van der Waals surface area contributed by atoms with Crippen LogP contribution >= 0.6 is 49.9 Å². The van der Waals surface area contributed by atoms with E-state index in [2.05, 4.69) is 48.8 Å². The zero-order valence-electron chi connectivity index (χ0n) is 12.9. The molecule has 1 aromatic heterocycles. The Hall–Kier alpha value is -1.45. The third-order valence-electron chi connectivity index (χ3n) is 3.59. The van der Waals surface area contributed by atoms with E-state index in [9.17, 15) is 9.90 Å². The van der Waals surface area contributed by atoms with E-state index >= 15 is 0 Å². The molecule has 0 bridgehead atoms. The monoisotopic (exact) mass is 528 g/mol. The Morgan fingerprint density at radius 3 is 2.52 bits per heavy atom. The molecule has 4 nitrogen and oxygen atoms in total. The first-order chi connectivity index (χ1) is 12.0. The summed E-state index contributed by atoms with van der Waals surface area (Å²) < 4.78 is 2.13. The molecule has 1 atom stereocenters. The third-order valence-corrected chi connectivity index (χ3v) is 5.61. The highest BCUT2D eigenvalue weighted by molar-refractivity contribution is 14.1. The van der Waals surface area contributed by atoms with Gasteiger partial charge in [-0.05, 0) is 52.4 Å². The predicted molar refractivity (Wildman–Crippen MR) is 113 cm³/mol. The number of anilines is 1.